The maximum absolute atomic E-state index is 10.6. The van der Waals surface area contributed by atoms with E-state index in [0.717, 1.165) is 11.5 Å². The van der Waals surface area contributed by atoms with Crippen molar-refractivity contribution in [2.45, 2.75) is 13.3 Å². The first-order valence-electron chi connectivity index (χ1n) is 4.02. The van der Waals surface area contributed by atoms with Crippen LogP contribution in [-0.4, -0.2) is 12.6 Å². The average molecular weight is 183 g/mol. The SMILES string of the molecule is Cc1ccc(CCNC(=O)NN)o1. The molecular weight excluding hydrogens is 170 g/mol. The third-order valence-corrected chi connectivity index (χ3v) is 1.58. The number of nitrogens with one attached hydrogen (secondary N) is 2. The van der Waals surface area contributed by atoms with E-state index >= 15 is 0 Å². The molecule has 72 valence electrons. The number of carbonyl (C=O) groups is 1. The van der Waals surface area contributed by atoms with E-state index in [1.807, 2.05) is 24.5 Å². The van der Waals surface area contributed by atoms with Gasteiger partial charge < -0.3 is 9.73 Å². The average Bonchev–Trinajstić information content (AvgIpc) is 2.51. The van der Waals surface area contributed by atoms with Crippen LogP contribution < -0.4 is 16.6 Å². The number of nitrogens with two attached hydrogens (primary N) is 1. The zero-order valence-electron chi connectivity index (χ0n) is 7.46. The zero-order valence-corrected chi connectivity index (χ0v) is 7.46. The Bertz CT molecular complexity index is 283. The van der Waals surface area contributed by atoms with Gasteiger partial charge in [-0.1, -0.05) is 0 Å². The summed E-state index contributed by atoms with van der Waals surface area (Å²) in [5.41, 5.74) is 1.98. The Morgan fingerprint density at radius 1 is 1.62 bits per heavy atom. The number of hydrogen-bond acceptors (Lipinski definition) is 3. The number of rotatable bonds is 3. The van der Waals surface area contributed by atoms with Crippen molar-refractivity contribution in [2.75, 3.05) is 6.54 Å². The van der Waals surface area contributed by atoms with Crippen molar-refractivity contribution in [3.05, 3.63) is 23.7 Å². The van der Waals surface area contributed by atoms with Gasteiger partial charge in [-0.3, -0.25) is 5.43 Å². The lowest BCUT2D eigenvalue weighted by molar-refractivity contribution is 0.241. The molecule has 0 bridgehead atoms. The lowest BCUT2D eigenvalue weighted by Gasteiger charge is -2.01. The molecule has 0 unspecified atom stereocenters. The monoisotopic (exact) mass is 183 g/mol. The molecule has 0 aliphatic rings. The molecule has 13 heavy (non-hydrogen) atoms. The number of aryl methyl sites for hydroxylation is 1. The molecule has 1 rings (SSSR count). The summed E-state index contributed by atoms with van der Waals surface area (Å²) in [6, 6.07) is 3.39. The second-order valence-corrected chi connectivity index (χ2v) is 2.66. The summed E-state index contributed by atoms with van der Waals surface area (Å²) in [7, 11) is 0. The van der Waals surface area contributed by atoms with Crippen molar-refractivity contribution in [3.8, 4) is 0 Å². The summed E-state index contributed by atoms with van der Waals surface area (Å²) in [5.74, 6) is 6.60. The van der Waals surface area contributed by atoms with Crippen molar-refractivity contribution in [1.82, 2.24) is 10.7 Å². The standard InChI is InChI=1S/C8H13N3O2/c1-6-2-3-7(13-6)4-5-10-8(12)11-9/h2-3H,4-5,9H2,1H3,(H2,10,11,12). The summed E-state index contributed by atoms with van der Waals surface area (Å²) in [6.07, 6.45) is 0.668. The molecule has 0 saturated heterocycles. The highest BCUT2D eigenvalue weighted by molar-refractivity contribution is 5.72. The van der Waals surface area contributed by atoms with Crippen LogP contribution in [0.5, 0.6) is 0 Å². The van der Waals surface area contributed by atoms with Crippen LogP contribution in [0.2, 0.25) is 0 Å². The van der Waals surface area contributed by atoms with Gasteiger partial charge in [0.05, 0.1) is 0 Å². The summed E-state index contributed by atoms with van der Waals surface area (Å²) < 4.78 is 5.30. The van der Waals surface area contributed by atoms with Gasteiger partial charge in [0.25, 0.3) is 0 Å². The van der Waals surface area contributed by atoms with E-state index < -0.39 is 0 Å². The van der Waals surface area contributed by atoms with Crippen molar-refractivity contribution in [1.29, 1.82) is 0 Å². The Morgan fingerprint density at radius 2 is 2.38 bits per heavy atom. The van der Waals surface area contributed by atoms with E-state index in [4.69, 9.17) is 10.3 Å². The van der Waals surface area contributed by atoms with Crippen LogP contribution in [0.1, 0.15) is 11.5 Å². The van der Waals surface area contributed by atoms with Crippen molar-refractivity contribution in [3.63, 3.8) is 0 Å². The largest absolute Gasteiger partial charge is 0.466 e. The van der Waals surface area contributed by atoms with E-state index in [-0.39, 0.29) is 6.03 Å². The van der Waals surface area contributed by atoms with E-state index in [0.29, 0.717) is 13.0 Å². The first kappa shape index (κ1) is 9.60. The van der Waals surface area contributed by atoms with Crippen LogP contribution in [0, 0.1) is 6.92 Å². The quantitative estimate of drug-likeness (QED) is 0.358. The number of carbonyl (C=O) groups excluding carboxylic acids is 1. The third-order valence-electron chi connectivity index (χ3n) is 1.58. The predicted octanol–water partition coefficient (Wildman–Crippen LogP) is 0.303. The van der Waals surface area contributed by atoms with Gasteiger partial charge in [0.1, 0.15) is 11.5 Å². The number of hydrazine groups is 1. The molecule has 5 nitrogen and oxygen atoms in total. The molecule has 1 aromatic heterocycles. The van der Waals surface area contributed by atoms with Gasteiger partial charge in [0.15, 0.2) is 0 Å². The van der Waals surface area contributed by atoms with E-state index in [1.165, 1.54) is 0 Å². The first-order chi connectivity index (χ1) is 6.22. The molecule has 0 spiro atoms. The van der Waals surface area contributed by atoms with Gasteiger partial charge in [-0.05, 0) is 19.1 Å². The molecule has 1 aromatic rings. The number of amides is 2. The number of urea groups is 1. The minimum Gasteiger partial charge on any atom is -0.466 e. The summed E-state index contributed by atoms with van der Waals surface area (Å²) in [4.78, 5) is 10.6. The fourth-order valence-electron chi connectivity index (χ4n) is 0.970. The Kier molecular flexibility index (Phi) is 3.33. The summed E-state index contributed by atoms with van der Waals surface area (Å²) >= 11 is 0. The summed E-state index contributed by atoms with van der Waals surface area (Å²) in [5, 5.41) is 2.56. The van der Waals surface area contributed by atoms with Crippen LogP contribution in [0.4, 0.5) is 4.79 Å². The zero-order chi connectivity index (χ0) is 9.68. The second kappa shape index (κ2) is 4.51. The molecule has 0 fully saturated rings. The molecule has 5 heteroatoms. The van der Waals surface area contributed by atoms with Gasteiger partial charge in [-0.25, -0.2) is 10.6 Å². The van der Waals surface area contributed by atoms with Crippen LogP contribution in [0.25, 0.3) is 0 Å². The van der Waals surface area contributed by atoms with Crippen LogP contribution in [0.15, 0.2) is 16.5 Å². The van der Waals surface area contributed by atoms with Gasteiger partial charge in [-0.15, -0.1) is 0 Å². The smallest absolute Gasteiger partial charge is 0.328 e. The van der Waals surface area contributed by atoms with Crippen molar-refractivity contribution >= 4 is 6.03 Å². The molecule has 0 saturated carbocycles. The van der Waals surface area contributed by atoms with E-state index in [1.54, 1.807) is 0 Å². The molecule has 0 aromatic carbocycles. The number of furan rings is 1. The van der Waals surface area contributed by atoms with Crippen molar-refractivity contribution in [2.24, 2.45) is 5.84 Å². The Balaban J connectivity index is 2.24. The van der Waals surface area contributed by atoms with Crippen LogP contribution in [-0.2, 0) is 6.42 Å². The molecule has 0 aliphatic carbocycles. The Labute approximate surface area is 76.3 Å². The molecule has 2 amide bonds. The van der Waals surface area contributed by atoms with Gasteiger partial charge in [-0.2, -0.15) is 0 Å². The predicted molar refractivity (Wildman–Crippen MR) is 47.9 cm³/mol. The fraction of sp³-hybridized carbons (Fsp3) is 0.375. The fourth-order valence-corrected chi connectivity index (χ4v) is 0.970. The second-order valence-electron chi connectivity index (χ2n) is 2.66. The third kappa shape index (κ3) is 3.16. The highest BCUT2D eigenvalue weighted by Gasteiger charge is 1.99. The molecule has 0 atom stereocenters. The van der Waals surface area contributed by atoms with Crippen molar-refractivity contribution < 1.29 is 9.21 Å². The van der Waals surface area contributed by atoms with Gasteiger partial charge in [0.2, 0.25) is 0 Å². The molecule has 1 heterocycles. The lowest BCUT2D eigenvalue weighted by Crippen LogP contribution is -2.40. The maximum Gasteiger partial charge on any atom is 0.328 e. The van der Waals surface area contributed by atoms with Gasteiger partial charge >= 0.3 is 6.03 Å². The van der Waals surface area contributed by atoms with E-state index in [2.05, 4.69) is 5.32 Å². The normalized spacial score (nSPS) is 9.69. The Hall–Kier alpha value is -1.49. The maximum atomic E-state index is 10.6. The van der Waals surface area contributed by atoms with Gasteiger partial charge in [0, 0.05) is 13.0 Å². The highest BCUT2D eigenvalue weighted by atomic mass is 16.3. The molecular formula is C8H13N3O2. The molecule has 0 aliphatic heterocycles. The first-order valence-corrected chi connectivity index (χ1v) is 4.02. The lowest BCUT2D eigenvalue weighted by atomic mass is 10.3. The highest BCUT2D eigenvalue weighted by Crippen LogP contribution is 2.05. The molecule has 0 radical (unpaired) electrons. The van der Waals surface area contributed by atoms with Crippen LogP contribution in [0.3, 0.4) is 0 Å². The molecule has 4 N–H and O–H groups in total. The minimum absolute atomic E-state index is 0.386. The number of hydrogen-bond donors (Lipinski definition) is 3. The minimum atomic E-state index is -0.386. The van der Waals surface area contributed by atoms with E-state index in [9.17, 15) is 4.79 Å². The summed E-state index contributed by atoms with van der Waals surface area (Å²) in [6.45, 7) is 2.39. The topological polar surface area (TPSA) is 80.3 Å². The Morgan fingerprint density at radius 3 is 2.92 bits per heavy atom. The van der Waals surface area contributed by atoms with Crippen LogP contribution >= 0.6 is 0 Å².